The molecule has 138 valence electrons. The third-order valence-corrected chi connectivity index (χ3v) is 4.11. The van der Waals surface area contributed by atoms with Crippen molar-refractivity contribution in [2.75, 3.05) is 12.4 Å². The highest BCUT2D eigenvalue weighted by Gasteiger charge is 2.14. The first-order valence-electron chi connectivity index (χ1n) is 8.10. The van der Waals surface area contributed by atoms with E-state index in [9.17, 15) is 9.59 Å². The minimum absolute atomic E-state index is 0.187. The molecule has 2 heterocycles. The summed E-state index contributed by atoms with van der Waals surface area (Å²) in [5.41, 5.74) is 1.47. The number of ether oxygens (including phenoxy) is 1. The molecule has 0 atom stereocenters. The zero-order valence-corrected chi connectivity index (χ0v) is 15.5. The average Bonchev–Trinajstić information content (AvgIpc) is 2.64. The molecular formula is C19H17ClN4O3. The molecule has 2 aromatic heterocycles. The van der Waals surface area contributed by atoms with Gasteiger partial charge in [-0.2, -0.15) is 0 Å². The highest BCUT2D eigenvalue weighted by molar-refractivity contribution is 6.32. The molecule has 0 saturated carbocycles. The van der Waals surface area contributed by atoms with Gasteiger partial charge in [-0.05, 0) is 37.3 Å². The van der Waals surface area contributed by atoms with Gasteiger partial charge in [-0.15, -0.1) is 0 Å². The van der Waals surface area contributed by atoms with Crippen molar-refractivity contribution in [3.63, 3.8) is 0 Å². The largest absolute Gasteiger partial charge is 0.495 e. The number of amides is 1. The fraction of sp³-hybridized carbons (Fsp3) is 0.158. The molecule has 1 amide bonds. The second-order valence-electron chi connectivity index (χ2n) is 5.78. The Kier molecular flexibility index (Phi) is 5.52. The van der Waals surface area contributed by atoms with Crippen LogP contribution in [0.25, 0.3) is 11.4 Å². The molecule has 0 saturated heterocycles. The van der Waals surface area contributed by atoms with E-state index in [1.165, 1.54) is 17.7 Å². The number of halogens is 1. The van der Waals surface area contributed by atoms with E-state index in [0.717, 1.165) is 0 Å². The highest BCUT2D eigenvalue weighted by Crippen LogP contribution is 2.27. The Morgan fingerprint density at radius 1 is 1.22 bits per heavy atom. The van der Waals surface area contributed by atoms with E-state index in [-0.39, 0.29) is 18.0 Å². The number of nitrogens with one attached hydrogen (secondary N) is 1. The number of carbonyl (C=O) groups excluding carboxylic acids is 1. The van der Waals surface area contributed by atoms with Crippen LogP contribution in [0.1, 0.15) is 5.69 Å². The fourth-order valence-electron chi connectivity index (χ4n) is 2.58. The molecule has 1 N–H and O–H groups in total. The molecule has 1 aromatic carbocycles. The Balaban J connectivity index is 1.88. The number of pyridine rings is 1. The molecule has 27 heavy (non-hydrogen) atoms. The predicted octanol–water partition coefficient (Wildman–Crippen LogP) is 2.91. The van der Waals surface area contributed by atoms with Gasteiger partial charge in [0.05, 0.1) is 12.1 Å². The topological polar surface area (TPSA) is 86.1 Å². The lowest BCUT2D eigenvalue weighted by molar-refractivity contribution is -0.116. The van der Waals surface area contributed by atoms with Crippen LogP contribution < -0.4 is 15.6 Å². The van der Waals surface area contributed by atoms with Crippen molar-refractivity contribution in [3.05, 3.63) is 69.9 Å². The summed E-state index contributed by atoms with van der Waals surface area (Å²) in [6, 6.07) is 9.76. The number of nitrogens with zero attached hydrogens (tertiary/aromatic N) is 3. The summed E-state index contributed by atoms with van der Waals surface area (Å²) in [5, 5.41) is 3.10. The maximum atomic E-state index is 12.5. The van der Waals surface area contributed by atoms with E-state index in [4.69, 9.17) is 16.3 Å². The summed E-state index contributed by atoms with van der Waals surface area (Å²) in [6.45, 7) is 1.54. The molecule has 8 heteroatoms. The minimum atomic E-state index is -0.376. The predicted molar refractivity (Wildman–Crippen MR) is 103 cm³/mol. The summed E-state index contributed by atoms with van der Waals surface area (Å²) in [6.07, 6.45) is 3.21. The summed E-state index contributed by atoms with van der Waals surface area (Å²) in [4.78, 5) is 33.3. The molecule has 7 nitrogen and oxygen atoms in total. The van der Waals surface area contributed by atoms with Crippen LogP contribution in [-0.4, -0.2) is 27.6 Å². The number of carbonyl (C=O) groups is 1. The first-order valence-corrected chi connectivity index (χ1v) is 8.48. The number of hydrogen-bond donors (Lipinski definition) is 1. The Morgan fingerprint density at radius 2 is 1.96 bits per heavy atom. The van der Waals surface area contributed by atoms with Gasteiger partial charge in [-0.3, -0.25) is 19.1 Å². The number of methoxy groups -OCH3 is 1. The molecule has 0 aliphatic rings. The minimum Gasteiger partial charge on any atom is -0.495 e. The van der Waals surface area contributed by atoms with Crippen molar-refractivity contribution in [1.29, 1.82) is 0 Å². The molecule has 0 spiro atoms. The molecule has 3 rings (SSSR count). The molecule has 0 unspecified atom stereocenters. The van der Waals surface area contributed by atoms with Crippen molar-refractivity contribution in [1.82, 2.24) is 14.5 Å². The first-order chi connectivity index (χ1) is 13.0. The van der Waals surface area contributed by atoms with Gasteiger partial charge < -0.3 is 10.1 Å². The van der Waals surface area contributed by atoms with E-state index >= 15 is 0 Å². The third-order valence-electron chi connectivity index (χ3n) is 3.81. The molecule has 0 radical (unpaired) electrons. The van der Waals surface area contributed by atoms with E-state index in [0.29, 0.717) is 33.5 Å². The van der Waals surface area contributed by atoms with Crippen LogP contribution in [-0.2, 0) is 11.3 Å². The van der Waals surface area contributed by atoms with Crippen LogP contribution in [0.5, 0.6) is 5.75 Å². The van der Waals surface area contributed by atoms with Gasteiger partial charge in [-0.25, -0.2) is 4.98 Å². The van der Waals surface area contributed by atoms with Gasteiger partial charge in [0.15, 0.2) is 0 Å². The number of aromatic nitrogens is 3. The summed E-state index contributed by atoms with van der Waals surface area (Å²) >= 11 is 6.07. The van der Waals surface area contributed by atoms with Crippen LogP contribution in [0.2, 0.25) is 5.02 Å². The Labute approximate surface area is 160 Å². The van der Waals surface area contributed by atoms with Crippen LogP contribution >= 0.6 is 11.6 Å². The van der Waals surface area contributed by atoms with Crippen molar-refractivity contribution < 1.29 is 9.53 Å². The lowest BCUT2D eigenvalue weighted by atomic mass is 10.2. The van der Waals surface area contributed by atoms with Crippen LogP contribution in [0.3, 0.4) is 0 Å². The van der Waals surface area contributed by atoms with Gasteiger partial charge >= 0.3 is 0 Å². The van der Waals surface area contributed by atoms with E-state index in [2.05, 4.69) is 15.3 Å². The monoisotopic (exact) mass is 384 g/mol. The Morgan fingerprint density at radius 3 is 2.63 bits per heavy atom. The third kappa shape index (κ3) is 4.32. The number of aryl methyl sites for hydroxylation is 1. The molecule has 0 fully saturated rings. The maximum absolute atomic E-state index is 12.5. The van der Waals surface area contributed by atoms with Gasteiger partial charge in [0.1, 0.15) is 18.1 Å². The van der Waals surface area contributed by atoms with E-state index < -0.39 is 0 Å². The summed E-state index contributed by atoms with van der Waals surface area (Å²) in [7, 11) is 1.51. The standard InChI is InChI=1S/C19H17ClN4O3/c1-12-9-18(26)24(19(22-12)13-5-7-21-8-6-13)11-17(25)23-14-3-4-16(27-2)15(20)10-14/h3-10H,11H2,1-2H3,(H,23,25). The quantitative estimate of drug-likeness (QED) is 0.731. The van der Waals surface area contributed by atoms with Crippen molar-refractivity contribution in [2.45, 2.75) is 13.5 Å². The van der Waals surface area contributed by atoms with Crippen LogP contribution in [0.4, 0.5) is 5.69 Å². The number of hydrogen-bond acceptors (Lipinski definition) is 5. The SMILES string of the molecule is COc1ccc(NC(=O)Cn2c(-c3ccncc3)nc(C)cc2=O)cc1Cl. The van der Waals surface area contributed by atoms with Crippen molar-refractivity contribution in [3.8, 4) is 17.1 Å². The van der Waals surface area contributed by atoms with Crippen molar-refractivity contribution in [2.24, 2.45) is 0 Å². The Hall–Kier alpha value is -3.19. The summed E-state index contributed by atoms with van der Waals surface area (Å²) < 4.78 is 6.41. The first kappa shape index (κ1) is 18.6. The average molecular weight is 385 g/mol. The molecule has 0 aliphatic carbocycles. The smallest absolute Gasteiger partial charge is 0.254 e. The maximum Gasteiger partial charge on any atom is 0.254 e. The second-order valence-corrected chi connectivity index (χ2v) is 6.19. The van der Waals surface area contributed by atoms with E-state index in [1.807, 2.05) is 0 Å². The van der Waals surface area contributed by atoms with Gasteiger partial charge in [0.25, 0.3) is 5.56 Å². The number of anilines is 1. The normalized spacial score (nSPS) is 10.5. The molecule has 0 bridgehead atoms. The fourth-order valence-corrected chi connectivity index (χ4v) is 2.84. The molecule has 0 aliphatic heterocycles. The number of benzene rings is 1. The Bertz CT molecular complexity index is 1030. The lowest BCUT2D eigenvalue weighted by Crippen LogP contribution is -2.29. The summed E-state index contributed by atoms with van der Waals surface area (Å²) in [5.74, 6) is 0.540. The molecule has 3 aromatic rings. The molecular weight excluding hydrogens is 368 g/mol. The number of rotatable bonds is 5. The van der Waals surface area contributed by atoms with E-state index in [1.54, 1.807) is 49.6 Å². The van der Waals surface area contributed by atoms with Gasteiger partial charge in [0, 0.05) is 35.4 Å². The second kappa shape index (κ2) is 8.01. The zero-order chi connectivity index (χ0) is 19.4. The zero-order valence-electron chi connectivity index (χ0n) is 14.8. The highest BCUT2D eigenvalue weighted by atomic mass is 35.5. The van der Waals surface area contributed by atoms with Gasteiger partial charge in [-0.1, -0.05) is 11.6 Å². The van der Waals surface area contributed by atoms with Crippen LogP contribution in [0.15, 0.2) is 53.6 Å². The van der Waals surface area contributed by atoms with Crippen molar-refractivity contribution >= 4 is 23.2 Å². The lowest BCUT2D eigenvalue weighted by Gasteiger charge is -2.13. The van der Waals surface area contributed by atoms with Crippen LogP contribution in [0, 0.1) is 6.92 Å². The van der Waals surface area contributed by atoms with Gasteiger partial charge in [0.2, 0.25) is 5.91 Å².